The molecule has 0 fully saturated rings. The van der Waals surface area contributed by atoms with Crippen LogP contribution in [-0.4, -0.2) is 12.4 Å². The molecule has 1 aromatic rings. The monoisotopic (exact) mass is 235 g/mol. The largest absolute Gasteiger partial charge is 0.345 e. The molecule has 0 radical (unpaired) electrons. The van der Waals surface area contributed by atoms with Crippen molar-refractivity contribution in [2.45, 2.75) is 25.7 Å². The topological polar surface area (TPSA) is 3.24 Å². The molecule has 1 nitrogen and oxygen atoms in total. The smallest absolute Gasteiger partial charge is 0.0450 e. The van der Waals surface area contributed by atoms with E-state index >= 15 is 0 Å². The molecule has 2 rings (SSSR count). The van der Waals surface area contributed by atoms with Gasteiger partial charge in [-0.25, -0.2) is 0 Å². The van der Waals surface area contributed by atoms with Crippen LogP contribution < -0.4 is 4.90 Å². The molecular weight excluding hydrogens is 218 g/mol. The summed E-state index contributed by atoms with van der Waals surface area (Å²) in [5.74, 6) is 0.701. The zero-order chi connectivity index (χ0) is 11.8. The van der Waals surface area contributed by atoms with Gasteiger partial charge in [-0.2, -0.15) is 0 Å². The second-order valence-electron chi connectivity index (χ2n) is 4.78. The Labute approximate surface area is 103 Å². The predicted molar refractivity (Wildman–Crippen MR) is 71.3 cm³/mol. The summed E-state index contributed by atoms with van der Waals surface area (Å²) in [4.78, 5) is 2.30. The lowest BCUT2D eigenvalue weighted by atomic mass is 9.84. The molecule has 86 valence electrons. The molecular formula is C14H18ClN. The van der Waals surface area contributed by atoms with Crippen LogP contribution in [0.4, 0.5) is 5.69 Å². The first kappa shape index (κ1) is 11.5. The fraction of sp³-hybridized carbons (Fsp3) is 0.429. The van der Waals surface area contributed by atoms with Crippen LogP contribution in [0.5, 0.6) is 0 Å². The first-order chi connectivity index (χ1) is 7.59. The SMILES string of the molecule is C=C1N(CCCCl)c2ccccc2C1(C)C. The molecule has 0 unspecified atom stereocenters. The van der Waals surface area contributed by atoms with E-state index in [4.69, 9.17) is 11.6 Å². The van der Waals surface area contributed by atoms with Crippen molar-refractivity contribution in [1.82, 2.24) is 0 Å². The van der Waals surface area contributed by atoms with E-state index in [0.29, 0.717) is 5.88 Å². The Bertz CT molecular complexity index is 409. The van der Waals surface area contributed by atoms with Crippen molar-refractivity contribution in [3.63, 3.8) is 0 Å². The minimum Gasteiger partial charge on any atom is -0.345 e. The van der Waals surface area contributed by atoms with Crippen molar-refractivity contribution in [3.05, 3.63) is 42.1 Å². The Kier molecular flexibility index (Phi) is 2.98. The number of fused-ring (bicyclic) bond motifs is 1. The number of rotatable bonds is 3. The molecule has 0 saturated heterocycles. The molecule has 0 atom stereocenters. The zero-order valence-corrected chi connectivity index (χ0v) is 10.7. The summed E-state index contributed by atoms with van der Waals surface area (Å²) in [5.41, 5.74) is 3.89. The predicted octanol–water partition coefficient (Wildman–Crippen LogP) is 3.93. The number of benzene rings is 1. The lowest BCUT2D eigenvalue weighted by Crippen LogP contribution is -2.26. The second-order valence-corrected chi connectivity index (χ2v) is 5.16. The van der Waals surface area contributed by atoms with Crippen LogP contribution in [-0.2, 0) is 5.41 Å². The Morgan fingerprint density at radius 2 is 2.00 bits per heavy atom. The van der Waals surface area contributed by atoms with Crippen LogP contribution in [0.1, 0.15) is 25.8 Å². The number of anilines is 1. The third kappa shape index (κ3) is 1.63. The van der Waals surface area contributed by atoms with Crippen LogP contribution >= 0.6 is 11.6 Å². The van der Waals surface area contributed by atoms with Crippen LogP contribution in [0, 0.1) is 0 Å². The van der Waals surface area contributed by atoms with Gasteiger partial charge >= 0.3 is 0 Å². The standard InChI is InChI=1S/C14H18ClN/c1-11-14(2,3)12-7-4-5-8-13(12)16(11)10-6-9-15/h4-5,7-8H,1,6,9-10H2,2-3H3. The minimum absolute atomic E-state index is 0.0445. The molecule has 0 amide bonds. The van der Waals surface area contributed by atoms with Gasteiger partial charge in [0.15, 0.2) is 0 Å². The first-order valence-electron chi connectivity index (χ1n) is 5.71. The number of alkyl halides is 1. The lowest BCUT2D eigenvalue weighted by molar-refractivity contribution is 0.632. The van der Waals surface area contributed by atoms with E-state index in [9.17, 15) is 0 Å². The van der Waals surface area contributed by atoms with E-state index in [0.717, 1.165) is 13.0 Å². The van der Waals surface area contributed by atoms with E-state index in [-0.39, 0.29) is 5.41 Å². The molecule has 0 aromatic heterocycles. The Morgan fingerprint density at radius 3 is 2.69 bits per heavy atom. The van der Waals surface area contributed by atoms with E-state index in [1.165, 1.54) is 16.9 Å². The van der Waals surface area contributed by atoms with Crippen molar-refractivity contribution in [2.75, 3.05) is 17.3 Å². The van der Waals surface area contributed by atoms with Crippen molar-refractivity contribution in [3.8, 4) is 0 Å². The van der Waals surface area contributed by atoms with Crippen molar-refractivity contribution in [1.29, 1.82) is 0 Å². The average molecular weight is 236 g/mol. The van der Waals surface area contributed by atoms with Crippen LogP contribution in [0.2, 0.25) is 0 Å². The summed E-state index contributed by atoms with van der Waals surface area (Å²) < 4.78 is 0. The van der Waals surface area contributed by atoms with Crippen LogP contribution in [0.3, 0.4) is 0 Å². The highest BCUT2D eigenvalue weighted by Gasteiger charge is 2.37. The van der Waals surface area contributed by atoms with Gasteiger partial charge in [-0.15, -0.1) is 11.6 Å². The number of halogens is 1. The Balaban J connectivity index is 2.39. The van der Waals surface area contributed by atoms with Gasteiger partial charge < -0.3 is 4.90 Å². The molecule has 0 N–H and O–H groups in total. The molecule has 16 heavy (non-hydrogen) atoms. The molecule has 0 spiro atoms. The van der Waals surface area contributed by atoms with Gasteiger partial charge in [0.25, 0.3) is 0 Å². The highest BCUT2D eigenvalue weighted by molar-refractivity contribution is 6.17. The van der Waals surface area contributed by atoms with Crippen LogP contribution in [0.15, 0.2) is 36.5 Å². The van der Waals surface area contributed by atoms with Crippen LogP contribution in [0.25, 0.3) is 0 Å². The molecule has 0 aliphatic carbocycles. The van der Waals surface area contributed by atoms with Crippen molar-refractivity contribution in [2.24, 2.45) is 0 Å². The van der Waals surface area contributed by atoms with E-state index in [1.54, 1.807) is 0 Å². The average Bonchev–Trinajstić information content (AvgIpc) is 2.47. The number of allylic oxidation sites excluding steroid dienone is 1. The molecule has 0 bridgehead atoms. The Morgan fingerprint density at radius 1 is 1.31 bits per heavy atom. The maximum atomic E-state index is 5.77. The summed E-state index contributed by atoms with van der Waals surface area (Å²) >= 11 is 5.77. The first-order valence-corrected chi connectivity index (χ1v) is 6.25. The highest BCUT2D eigenvalue weighted by Crippen LogP contribution is 2.46. The summed E-state index contributed by atoms with van der Waals surface area (Å²) in [6.07, 6.45) is 0.991. The maximum absolute atomic E-state index is 5.77. The van der Waals surface area contributed by atoms with E-state index < -0.39 is 0 Å². The van der Waals surface area contributed by atoms with Gasteiger partial charge in [-0.3, -0.25) is 0 Å². The van der Waals surface area contributed by atoms with Gasteiger partial charge in [-0.05, 0) is 18.1 Å². The lowest BCUT2D eigenvalue weighted by Gasteiger charge is -2.25. The normalized spacial score (nSPS) is 17.7. The molecule has 1 aliphatic heterocycles. The fourth-order valence-electron chi connectivity index (χ4n) is 2.35. The third-order valence-corrected chi connectivity index (χ3v) is 3.70. The minimum atomic E-state index is 0.0445. The van der Waals surface area contributed by atoms with Gasteiger partial charge in [0, 0.05) is 29.2 Å². The molecule has 0 saturated carbocycles. The number of nitrogens with zero attached hydrogens (tertiary/aromatic N) is 1. The van der Waals surface area contributed by atoms with E-state index in [1.807, 2.05) is 0 Å². The quantitative estimate of drug-likeness (QED) is 0.718. The van der Waals surface area contributed by atoms with Crippen molar-refractivity contribution >= 4 is 17.3 Å². The van der Waals surface area contributed by atoms with Gasteiger partial charge in [0.05, 0.1) is 0 Å². The van der Waals surface area contributed by atoms with Gasteiger partial charge in [0.2, 0.25) is 0 Å². The third-order valence-electron chi connectivity index (χ3n) is 3.43. The maximum Gasteiger partial charge on any atom is 0.0450 e. The summed E-state index contributed by atoms with van der Waals surface area (Å²) in [5, 5.41) is 0. The highest BCUT2D eigenvalue weighted by atomic mass is 35.5. The van der Waals surface area contributed by atoms with Gasteiger partial charge in [0.1, 0.15) is 0 Å². The van der Waals surface area contributed by atoms with Crippen molar-refractivity contribution < 1.29 is 0 Å². The molecule has 1 heterocycles. The second kappa shape index (κ2) is 4.14. The van der Waals surface area contributed by atoms with E-state index in [2.05, 4.69) is 49.6 Å². The Hall–Kier alpha value is -0.950. The number of hydrogen-bond donors (Lipinski definition) is 0. The van der Waals surface area contributed by atoms with Gasteiger partial charge in [-0.1, -0.05) is 38.6 Å². The number of hydrogen-bond acceptors (Lipinski definition) is 1. The zero-order valence-electron chi connectivity index (χ0n) is 9.96. The fourth-order valence-corrected chi connectivity index (χ4v) is 2.47. The summed E-state index contributed by atoms with van der Waals surface area (Å²) in [7, 11) is 0. The number of para-hydroxylation sites is 1. The molecule has 1 aromatic carbocycles. The molecule has 1 aliphatic rings. The summed E-state index contributed by atoms with van der Waals surface area (Å²) in [6, 6.07) is 8.55. The summed E-state index contributed by atoms with van der Waals surface area (Å²) in [6.45, 7) is 9.66. The molecule has 2 heteroatoms.